The van der Waals surface area contributed by atoms with Gasteiger partial charge in [-0.3, -0.25) is 4.79 Å². The summed E-state index contributed by atoms with van der Waals surface area (Å²) in [5.41, 5.74) is 0. The molecule has 146 valence electrons. The number of carbonyl (C=O) groups is 1. The van der Waals surface area contributed by atoms with E-state index < -0.39 is 0 Å². The Morgan fingerprint density at radius 3 is 2.58 bits per heavy atom. The smallest absolute Gasteiger partial charge is 0.222 e. The zero-order valence-electron chi connectivity index (χ0n) is 16.0. The maximum Gasteiger partial charge on any atom is 0.222 e. The van der Waals surface area contributed by atoms with Crippen LogP contribution in [-0.2, 0) is 11.2 Å². The van der Waals surface area contributed by atoms with Gasteiger partial charge in [-0.25, -0.2) is 4.68 Å². The molecule has 1 aromatic heterocycles. The molecule has 0 unspecified atom stereocenters. The fourth-order valence-corrected chi connectivity index (χ4v) is 4.54. The van der Waals surface area contributed by atoms with E-state index in [0.717, 1.165) is 63.7 Å². The number of nitrogens with zero attached hydrogens (tertiary/aromatic N) is 5. The van der Waals surface area contributed by atoms with Crippen molar-refractivity contribution in [1.82, 2.24) is 25.1 Å². The number of aryl methyl sites for hydroxylation is 1. The molecule has 3 rings (SSSR count). The molecule has 1 aromatic rings. The van der Waals surface area contributed by atoms with Gasteiger partial charge in [0, 0.05) is 25.4 Å². The van der Waals surface area contributed by atoms with Gasteiger partial charge in [0.15, 0.2) is 5.82 Å². The Morgan fingerprint density at radius 1 is 1.15 bits per heavy atom. The number of hydrogen-bond donors (Lipinski definition) is 1. The van der Waals surface area contributed by atoms with E-state index in [4.69, 9.17) is 0 Å². The quantitative estimate of drug-likeness (QED) is 0.805. The second kappa shape index (κ2) is 9.44. The van der Waals surface area contributed by atoms with E-state index in [0.29, 0.717) is 18.5 Å². The van der Waals surface area contributed by atoms with E-state index in [9.17, 15) is 9.90 Å². The van der Waals surface area contributed by atoms with Crippen molar-refractivity contribution in [2.75, 3.05) is 6.54 Å². The molecule has 2 saturated carbocycles. The third-order valence-corrected chi connectivity index (χ3v) is 6.04. The van der Waals surface area contributed by atoms with Crippen molar-refractivity contribution < 1.29 is 9.90 Å². The molecule has 2 fully saturated rings. The third-order valence-electron chi connectivity index (χ3n) is 6.04. The predicted octanol–water partition coefficient (Wildman–Crippen LogP) is 2.65. The molecule has 2 aliphatic rings. The standard InChI is InChI=1S/C19H33N5O2/c1-2-23(15-11-13-17(25)14-12-15)19(26)10-6-9-18-20-21-22-24(18)16-7-4-3-5-8-16/h15-17,25H,2-14H2,1H3. The number of aliphatic hydroxyl groups is 1. The van der Waals surface area contributed by atoms with Crippen LogP contribution in [0.4, 0.5) is 0 Å². The van der Waals surface area contributed by atoms with Gasteiger partial charge in [-0.1, -0.05) is 19.3 Å². The summed E-state index contributed by atoms with van der Waals surface area (Å²) in [5.74, 6) is 1.15. The van der Waals surface area contributed by atoms with Crippen LogP contribution in [0, 0.1) is 0 Å². The normalized spacial score (nSPS) is 24.5. The van der Waals surface area contributed by atoms with Crippen LogP contribution in [0.2, 0.25) is 0 Å². The summed E-state index contributed by atoms with van der Waals surface area (Å²) in [6.45, 7) is 2.80. The number of amides is 1. The van der Waals surface area contributed by atoms with Crippen molar-refractivity contribution in [2.24, 2.45) is 0 Å². The lowest BCUT2D eigenvalue weighted by Crippen LogP contribution is -2.42. The molecule has 2 aliphatic carbocycles. The van der Waals surface area contributed by atoms with E-state index in [1.54, 1.807) is 0 Å². The summed E-state index contributed by atoms with van der Waals surface area (Å²) in [6.07, 6.45) is 11.5. The fourth-order valence-electron chi connectivity index (χ4n) is 4.54. The van der Waals surface area contributed by atoms with Gasteiger partial charge >= 0.3 is 0 Å². The van der Waals surface area contributed by atoms with Crippen molar-refractivity contribution in [3.63, 3.8) is 0 Å². The fraction of sp³-hybridized carbons (Fsp3) is 0.895. The SMILES string of the molecule is CCN(C(=O)CCCc1nnnn1C1CCCCC1)C1CCC(O)CC1. The number of tetrazole rings is 1. The Balaban J connectivity index is 1.48. The molecule has 0 radical (unpaired) electrons. The van der Waals surface area contributed by atoms with Crippen molar-refractivity contribution in [3.8, 4) is 0 Å². The molecule has 7 nitrogen and oxygen atoms in total. The average Bonchev–Trinajstić information content (AvgIpc) is 3.13. The van der Waals surface area contributed by atoms with E-state index in [1.165, 1.54) is 19.3 Å². The first-order chi connectivity index (χ1) is 12.7. The van der Waals surface area contributed by atoms with Crippen LogP contribution in [-0.4, -0.2) is 54.8 Å². The summed E-state index contributed by atoms with van der Waals surface area (Å²) >= 11 is 0. The van der Waals surface area contributed by atoms with Crippen molar-refractivity contribution in [3.05, 3.63) is 5.82 Å². The summed E-state index contributed by atoms with van der Waals surface area (Å²) in [4.78, 5) is 14.7. The van der Waals surface area contributed by atoms with Crippen LogP contribution < -0.4 is 0 Å². The summed E-state index contributed by atoms with van der Waals surface area (Å²) in [7, 11) is 0. The Hall–Kier alpha value is -1.50. The van der Waals surface area contributed by atoms with Crippen LogP contribution in [0.15, 0.2) is 0 Å². The molecule has 1 amide bonds. The molecule has 7 heteroatoms. The highest BCUT2D eigenvalue weighted by molar-refractivity contribution is 5.76. The lowest BCUT2D eigenvalue weighted by atomic mass is 9.91. The highest BCUT2D eigenvalue weighted by Crippen LogP contribution is 2.28. The molecule has 26 heavy (non-hydrogen) atoms. The van der Waals surface area contributed by atoms with Gasteiger partial charge in [-0.15, -0.1) is 5.10 Å². The number of rotatable bonds is 7. The Kier molecular flexibility index (Phi) is 7.00. The lowest BCUT2D eigenvalue weighted by molar-refractivity contribution is -0.134. The van der Waals surface area contributed by atoms with Gasteiger partial charge < -0.3 is 10.0 Å². The highest BCUT2D eigenvalue weighted by Gasteiger charge is 2.27. The predicted molar refractivity (Wildman–Crippen MR) is 98.5 cm³/mol. The second-order valence-electron chi connectivity index (χ2n) is 7.83. The second-order valence-corrected chi connectivity index (χ2v) is 7.83. The van der Waals surface area contributed by atoms with Crippen LogP contribution in [0.5, 0.6) is 0 Å². The largest absolute Gasteiger partial charge is 0.393 e. The topological polar surface area (TPSA) is 84.1 Å². The summed E-state index contributed by atoms with van der Waals surface area (Å²) in [5, 5.41) is 22.0. The molecule has 0 bridgehead atoms. The van der Waals surface area contributed by atoms with Gasteiger partial charge in [0.1, 0.15) is 0 Å². The molecule has 0 saturated heterocycles. The van der Waals surface area contributed by atoms with Crippen molar-refractivity contribution in [1.29, 1.82) is 0 Å². The third kappa shape index (κ3) is 4.81. The van der Waals surface area contributed by atoms with Gasteiger partial charge in [-0.05, 0) is 62.3 Å². The molecule has 0 atom stereocenters. The van der Waals surface area contributed by atoms with Crippen molar-refractivity contribution >= 4 is 5.91 Å². The first-order valence-electron chi connectivity index (χ1n) is 10.4. The molecule has 1 heterocycles. The Labute approximate surface area is 156 Å². The van der Waals surface area contributed by atoms with E-state index in [1.807, 2.05) is 16.5 Å². The molecule has 0 spiro atoms. The number of carbonyl (C=O) groups excluding carboxylic acids is 1. The number of aliphatic hydroxyl groups excluding tert-OH is 1. The highest BCUT2D eigenvalue weighted by atomic mass is 16.3. The van der Waals surface area contributed by atoms with Crippen LogP contribution in [0.3, 0.4) is 0 Å². The maximum atomic E-state index is 12.7. The minimum atomic E-state index is -0.182. The van der Waals surface area contributed by atoms with Crippen LogP contribution in [0.25, 0.3) is 0 Å². The number of hydrogen-bond acceptors (Lipinski definition) is 5. The minimum Gasteiger partial charge on any atom is -0.393 e. The van der Waals surface area contributed by atoms with Crippen LogP contribution in [0.1, 0.15) is 89.4 Å². The van der Waals surface area contributed by atoms with E-state index >= 15 is 0 Å². The Morgan fingerprint density at radius 2 is 1.88 bits per heavy atom. The zero-order valence-corrected chi connectivity index (χ0v) is 16.0. The Bertz CT molecular complexity index is 562. The molecule has 0 aliphatic heterocycles. The van der Waals surface area contributed by atoms with Crippen LogP contribution >= 0.6 is 0 Å². The monoisotopic (exact) mass is 363 g/mol. The first-order valence-corrected chi connectivity index (χ1v) is 10.4. The molecular weight excluding hydrogens is 330 g/mol. The van der Waals surface area contributed by atoms with E-state index in [-0.39, 0.29) is 12.0 Å². The lowest BCUT2D eigenvalue weighted by Gasteiger charge is -2.35. The number of aromatic nitrogens is 4. The molecule has 1 N–H and O–H groups in total. The van der Waals surface area contributed by atoms with Gasteiger partial charge in [0.2, 0.25) is 5.91 Å². The minimum absolute atomic E-state index is 0.182. The van der Waals surface area contributed by atoms with E-state index in [2.05, 4.69) is 15.5 Å². The summed E-state index contributed by atoms with van der Waals surface area (Å²) in [6, 6.07) is 0.730. The van der Waals surface area contributed by atoms with Gasteiger partial charge in [0.05, 0.1) is 12.1 Å². The van der Waals surface area contributed by atoms with Gasteiger partial charge in [0.25, 0.3) is 0 Å². The average molecular weight is 364 g/mol. The van der Waals surface area contributed by atoms with Crippen molar-refractivity contribution in [2.45, 2.75) is 102 Å². The molecule has 0 aromatic carbocycles. The first kappa shape index (κ1) is 19.3. The van der Waals surface area contributed by atoms with Gasteiger partial charge in [-0.2, -0.15) is 0 Å². The summed E-state index contributed by atoms with van der Waals surface area (Å²) < 4.78 is 2.00. The maximum absolute atomic E-state index is 12.7. The zero-order chi connectivity index (χ0) is 18.4. The molecular formula is C19H33N5O2.